The zero-order valence-corrected chi connectivity index (χ0v) is 9.73. The average molecular weight is 248 g/mol. The Morgan fingerprint density at radius 2 is 2.47 bits per heavy atom. The number of nitrogens with two attached hydrogens (primary N) is 1. The van der Waals surface area contributed by atoms with Gasteiger partial charge in [-0.3, -0.25) is 5.10 Å². The number of hydrogen-bond acceptors (Lipinski definition) is 4. The van der Waals surface area contributed by atoms with Gasteiger partial charge in [-0.15, -0.1) is 0 Å². The first-order valence-electron chi connectivity index (χ1n) is 4.22. The standard InChI is InChI=1S/C7H12N4O2S2/c1-5(4-6(8)14)11-15(12,13)7-2-3-9-10-7/h2-3,5,11H,4H2,1H3,(H2,8,14)(H,9,10). The first-order valence-corrected chi connectivity index (χ1v) is 6.11. The molecule has 0 aliphatic heterocycles. The fourth-order valence-corrected chi connectivity index (χ4v) is 2.47. The molecule has 1 rings (SSSR count). The van der Waals surface area contributed by atoms with Crippen LogP contribution in [0.15, 0.2) is 17.3 Å². The summed E-state index contributed by atoms with van der Waals surface area (Å²) in [5.41, 5.74) is 5.31. The zero-order chi connectivity index (χ0) is 11.5. The number of aromatic amines is 1. The summed E-state index contributed by atoms with van der Waals surface area (Å²) in [5, 5.41) is 5.96. The Bertz CT molecular complexity index is 426. The highest BCUT2D eigenvalue weighted by molar-refractivity contribution is 7.89. The lowest BCUT2D eigenvalue weighted by Crippen LogP contribution is -2.35. The minimum absolute atomic E-state index is 0.0253. The van der Waals surface area contributed by atoms with Crippen molar-refractivity contribution in [1.29, 1.82) is 0 Å². The van der Waals surface area contributed by atoms with Gasteiger partial charge in [-0.1, -0.05) is 12.2 Å². The molecule has 1 aromatic heterocycles. The van der Waals surface area contributed by atoms with Crippen molar-refractivity contribution in [2.75, 3.05) is 0 Å². The predicted octanol–water partition coefficient (Wildman–Crippen LogP) is -0.247. The van der Waals surface area contributed by atoms with Crippen molar-refractivity contribution in [3.8, 4) is 0 Å². The fourth-order valence-electron chi connectivity index (χ4n) is 1.06. The molecule has 0 aromatic carbocycles. The van der Waals surface area contributed by atoms with E-state index in [1.165, 1.54) is 12.3 Å². The Hall–Kier alpha value is -0.990. The van der Waals surface area contributed by atoms with E-state index in [0.29, 0.717) is 6.42 Å². The Kier molecular flexibility index (Phi) is 3.77. The highest BCUT2D eigenvalue weighted by atomic mass is 32.2. The molecule has 8 heteroatoms. The maximum atomic E-state index is 11.6. The second kappa shape index (κ2) is 4.69. The molecule has 84 valence electrons. The average Bonchev–Trinajstić information content (AvgIpc) is 2.51. The topological polar surface area (TPSA) is 101 Å². The maximum absolute atomic E-state index is 11.6. The van der Waals surface area contributed by atoms with E-state index < -0.39 is 10.0 Å². The quantitative estimate of drug-likeness (QED) is 0.624. The van der Waals surface area contributed by atoms with Gasteiger partial charge < -0.3 is 5.73 Å². The third-order valence-corrected chi connectivity index (χ3v) is 3.31. The lowest BCUT2D eigenvalue weighted by Gasteiger charge is -2.11. The van der Waals surface area contributed by atoms with Crippen LogP contribution in [0.25, 0.3) is 0 Å². The van der Waals surface area contributed by atoms with E-state index in [1.807, 2.05) is 0 Å². The second-order valence-corrected chi connectivity index (χ2v) is 5.32. The number of hydrogen-bond donors (Lipinski definition) is 3. The summed E-state index contributed by atoms with van der Waals surface area (Å²) in [6.45, 7) is 1.69. The van der Waals surface area contributed by atoms with Gasteiger partial charge in [0.1, 0.15) is 0 Å². The van der Waals surface area contributed by atoms with Gasteiger partial charge in [-0.25, -0.2) is 13.1 Å². The van der Waals surface area contributed by atoms with E-state index in [2.05, 4.69) is 27.1 Å². The van der Waals surface area contributed by atoms with Gasteiger partial charge in [0.2, 0.25) is 0 Å². The number of nitrogens with one attached hydrogen (secondary N) is 2. The van der Waals surface area contributed by atoms with Gasteiger partial charge in [0.05, 0.1) is 11.2 Å². The Balaban J connectivity index is 2.69. The molecule has 0 aliphatic rings. The summed E-state index contributed by atoms with van der Waals surface area (Å²) in [4.78, 5) is 0.273. The summed E-state index contributed by atoms with van der Waals surface area (Å²) in [6, 6.07) is 1.03. The summed E-state index contributed by atoms with van der Waals surface area (Å²) in [7, 11) is -3.55. The van der Waals surface area contributed by atoms with E-state index in [9.17, 15) is 8.42 Å². The number of rotatable bonds is 5. The van der Waals surface area contributed by atoms with E-state index in [-0.39, 0.29) is 16.1 Å². The summed E-state index contributed by atoms with van der Waals surface area (Å²) < 4.78 is 25.7. The molecule has 0 bridgehead atoms. The minimum Gasteiger partial charge on any atom is -0.393 e. The monoisotopic (exact) mass is 248 g/mol. The number of thiocarbonyl (C=S) groups is 1. The molecule has 1 aromatic rings. The van der Waals surface area contributed by atoms with Gasteiger partial charge in [0, 0.05) is 12.5 Å². The lowest BCUT2D eigenvalue weighted by atomic mass is 10.3. The second-order valence-electron chi connectivity index (χ2n) is 3.11. The fraction of sp³-hybridized carbons (Fsp3) is 0.429. The molecular formula is C7H12N4O2S2. The normalized spacial score (nSPS) is 13.7. The van der Waals surface area contributed by atoms with E-state index in [0.717, 1.165) is 0 Å². The number of aromatic nitrogens is 2. The van der Waals surface area contributed by atoms with Crippen molar-refractivity contribution in [2.24, 2.45) is 5.73 Å². The summed E-state index contributed by atoms with van der Waals surface area (Å²) in [5.74, 6) is 0. The molecule has 4 N–H and O–H groups in total. The Morgan fingerprint density at radius 3 is 2.93 bits per heavy atom. The van der Waals surface area contributed by atoms with Gasteiger partial charge in [-0.05, 0) is 13.0 Å². The molecule has 0 amide bonds. The van der Waals surface area contributed by atoms with Gasteiger partial charge in [0.25, 0.3) is 10.0 Å². The van der Waals surface area contributed by atoms with E-state index >= 15 is 0 Å². The van der Waals surface area contributed by atoms with E-state index in [4.69, 9.17) is 5.73 Å². The Morgan fingerprint density at radius 1 is 1.80 bits per heavy atom. The van der Waals surface area contributed by atoms with Crippen molar-refractivity contribution in [3.05, 3.63) is 12.3 Å². The van der Waals surface area contributed by atoms with Crippen LogP contribution in [0.3, 0.4) is 0 Å². The SMILES string of the molecule is CC(CC(N)=S)NS(=O)(=O)c1ccn[nH]1. The summed E-state index contributed by atoms with van der Waals surface area (Å²) >= 11 is 4.68. The third kappa shape index (κ3) is 3.57. The highest BCUT2D eigenvalue weighted by Gasteiger charge is 2.18. The number of nitrogens with zero attached hydrogens (tertiary/aromatic N) is 1. The molecule has 1 unspecified atom stereocenters. The molecule has 0 saturated heterocycles. The van der Waals surface area contributed by atoms with Crippen LogP contribution < -0.4 is 10.5 Å². The van der Waals surface area contributed by atoms with E-state index in [1.54, 1.807) is 6.92 Å². The van der Waals surface area contributed by atoms with Crippen molar-refractivity contribution >= 4 is 27.2 Å². The number of sulfonamides is 1. The van der Waals surface area contributed by atoms with Crippen molar-refractivity contribution in [3.63, 3.8) is 0 Å². The maximum Gasteiger partial charge on any atom is 0.257 e. The number of H-pyrrole nitrogens is 1. The third-order valence-electron chi connectivity index (χ3n) is 1.63. The largest absolute Gasteiger partial charge is 0.393 e. The Labute approximate surface area is 93.3 Å². The van der Waals surface area contributed by atoms with Crippen molar-refractivity contribution in [2.45, 2.75) is 24.4 Å². The van der Waals surface area contributed by atoms with Crippen LogP contribution in [0.5, 0.6) is 0 Å². The van der Waals surface area contributed by atoms with Crippen LogP contribution in [-0.2, 0) is 10.0 Å². The molecule has 15 heavy (non-hydrogen) atoms. The van der Waals surface area contributed by atoms with Crippen LogP contribution in [0, 0.1) is 0 Å². The molecule has 0 saturated carbocycles. The van der Waals surface area contributed by atoms with Gasteiger partial charge in [0.15, 0.2) is 5.03 Å². The molecule has 0 radical (unpaired) electrons. The smallest absolute Gasteiger partial charge is 0.257 e. The molecule has 0 fully saturated rings. The molecular weight excluding hydrogens is 236 g/mol. The van der Waals surface area contributed by atoms with Crippen LogP contribution in [0.2, 0.25) is 0 Å². The van der Waals surface area contributed by atoms with Gasteiger partial charge >= 0.3 is 0 Å². The predicted molar refractivity (Wildman–Crippen MR) is 59.8 cm³/mol. The molecule has 6 nitrogen and oxygen atoms in total. The molecule has 0 aliphatic carbocycles. The lowest BCUT2D eigenvalue weighted by molar-refractivity contribution is 0.561. The van der Waals surface area contributed by atoms with Crippen molar-refractivity contribution in [1.82, 2.24) is 14.9 Å². The highest BCUT2D eigenvalue weighted by Crippen LogP contribution is 2.04. The first kappa shape index (κ1) is 12.1. The van der Waals surface area contributed by atoms with Gasteiger partial charge in [-0.2, -0.15) is 5.10 Å². The molecule has 1 heterocycles. The summed E-state index contributed by atoms with van der Waals surface area (Å²) in [6.07, 6.45) is 1.69. The molecule has 0 spiro atoms. The van der Waals surface area contributed by atoms with Crippen LogP contribution in [-0.4, -0.2) is 29.6 Å². The van der Waals surface area contributed by atoms with Crippen LogP contribution >= 0.6 is 12.2 Å². The molecule has 1 atom stereocenters. The van der Waals surface area contributed by atoms with Crippen molar-refractivity contribution < 1.29 is 8.42 Å². The zero-order valence-electron chi connectivity index (χ0n) is 8.10. The minimum atomic E-state index is -3.55. The first-order chi connectivity index (χ1) is 6.92. The van der Waals surface area contributed by atoms with Crippen LogP contribution in [0.1, 0.15) is 13.3 Å². The van der Waals surface area contributed by atoms with Crippen LogP contribution in [0.4, 0.5) is 0 Å².